The van der Waals surface area contributed by atoms with E-state index >= 15 is 0 Å². The van der Waals surface area contributed by atoms with Crippen LogP contribution in [-0.2, 0) is 16.1 Å². The molecule has 1 aliphatic heterocycles. The summed E-state index contributed by atoms with van der Waals surface area (Å²) in [6, 6.07) is 5.20. The van der Waals surface area contributed by atoms with E-state index in [1.807, 2.05) is 24.1 Å². The Bertz CT molecular complexity index is 461. The van der Waals surface area contributed by atoms with Crippen LogP contribution in [0, 0.1) is 5.92 Å². The van der Waals surface area contributed by atoms with Crippen molar-refractivity contribution in [3.63, 3.8) is 0 Å². The van der Waals surface area contributed by atoms with E-state index in [4.69, 9.17) is 33.0 Å². The van der Waals surface area contributed by atoms with Crippen LogP contribution in [0.5, 0.6) is 0 Å². The highest BCUT2D eigenvalue weighted by Crippen LogP contribution is 2.23. The quantitative estimate of drug-likeness (QED) is 0.928. The number of likely N-dealkylation sites (N-methyl/N-ethyl adjacent to an activating group) is 1. The molecular formula is C13H15Cl2NO3. The van der Waals surface area contributed by atoms with Crippen LogP contribution in [0.2, 0.25) is 10.0 Å². The van der Waals surface area contributed by atoms with Gasteiger partial charge in [-0.05, 0) is 30.8 Å². The standard InChI is InChI=1S/C13H15Cl2NO3/c1-16(12-7-19-6-11(12)13(17)18)5-8-2-9(14)4-10(15)3-8/h2-4,11-12H,5-7H2,1H3,(H,17,18). The normalized spacial score (nSPS) is 22.9. The summed E-state index contributed by atoms with van der Waals surface area (Å²) >= 11 is 11.9. The first kappa shape index (κ1) is 14.6. The Morgan fingerprint density at radius 1 is 1.37 bits per heavy atom. The predicted octanol–water partition coefficient (Wildman–Crippen LogP) is 2.52. The summed E-state index contributed by atoms with van der Waals surface area (Å²) in [4.78, 5) is 13.1. The van der Waals surface area contributed by atoms with Gasteiger partial charge in [-0.15, -0.1) is 0 Å². The highest BCUT2D eigenvalue weighted by atomic mass is 35.5. The van der Waals surface area contributed by atoms with Gasteiger partial charge in [0, 0.05) is 22.6 Å². The fourth-order valence-corrected chi connectivity index (χ4v) is 2.89. The van der Waals surface area contributed by atoms with Crippen molar-refractivity contribution >= 4 is 29.2 Å². The van der Waals surface area contributed by atoms with E-state index in [0.717, 1.165) is 5.56 Å². The smallest absolute Gasteiger partial charge is 0.310 e. The van der Waals surface area contributed by atoms with Gasteiger partial charge in [0.05, 0.1) is 19.1 Å². The van der Waals surface area contributed by atoms with E-state index in [0.29, 0.717) is 23.2 Å². The van der Waals surface area contributed by atoms with Crippen molar-refractivity contribution in [2.24, 2.45) is 5.92 Å². The number of ether oxygens (including phenoxy) is 1. The molecule has 4 nitrogen and oxygen atoms in total. The van der Waals surface area contributed by atoms with Gasteiger partial charge >= 0.3 is 5.97 Å². The van der Waals surface area contributed by atoms with E-state index in [1.165, 1.54) is 0 Å². The SMILES string of the molecule is CN(Cc1cc(Cl)cc(Cl)c1)C1COCC1C(=O)O. The van der Waals surface area contributed by atoms with Crippen LogP contribution < -0.4 is 0 Å². The number of halogens is 2. The van der Waals surface area contributed by atoms with Crippen molar-refractivity contribution in [2.45, 2.75) is 12.6 Å². The summed E-state index contributed by atoms with van der Waals surface area (Å²) in [5.74, 6) is -1.31. The molecule has 2 rings (SSSR count). The Balaban J connectivity index is 2.08. The number of hydrogen-bond acceptors (Lipinski definition) is 3. The number of rotatable bonds is 4. The molecular weight excluding hydrogens is 289 g/mol. The van der Waals surface area contributed by atoms with Crippen molar-refractivity contribution in [3.05, 3.63) is 33.8 Å². The maximum Gasteiger partial charge on any atom is 0.310 e. The molecule has 104 valence electrons. The molecule has 1 fully saturated rings. The Hall–Kier alpha value is -0.810. The zero-order valence-corrected chi connectivity index (χ0v) is 12.0. The third-order valence-electron chi connectivity index (χ3n) is 3.29. The fraction of sp³-hybridized carbons (Fsp3) is 0.462. The van der Waals surface area contributed by atoms with E-state index in [-0.39, 0.29) is 12.6 Å². The lowest BCUT2D eigenvalue weighted by Gasteiger charge is -2.26. The lowest BCUT2D eigenvalue weighted by atomic mass is 10.0. The molecule has 1 heterocycles. The molecule has 1 aromatic carbocycles. The summed E-state index contributed by atoms with van der Waals surface area (Å²) in [5.41, 5.74) is 0.955. The van der Waals surface area contributed by atoms with Gasteiger partial charge < -0.3 is 9.84 Å². The molecule has 2 atom stereocenters. The molecule has 0 radical (unpaired) electrons. The third kappa shape index (κ3) is 3.60. The monoisotopic (exact) mass is 303 g/mol. The van der Waals surface area contributed by atoms with Gasteiger partial charge in [-0.3, -0.25) is 9.69 Å². The Morgan fingerprint density at radius 2 is 2.00 bits per heavy atom. The highest BCUT2D eigenvalue weighted by Gasteiger charge is 2.36. The second kappa shape index (κ2) is 6.09. The van der Waals surface area contributed by atoms with Gasteiger partial charge in [-0.1, -0.05) is 23.2 Å². The molecule has 0 amide bonds. The number of carboxylic acid groups (broad SMARTS) is 1. The summed E-state index contributed by atoms with van der Waals surface area (Å²) in [6.07, 6.45) is 0. The second-order valence-corrected chi connectivity index (χ2v) is 5.62. The van der Waals surface area contributed by atoms with Crippen molar-refractivity contribution in [1.82, 2.24) is 4.90 Å². The molecule has 1 N–H and O–H groups in total. The first-order valence-electron chi connectivity index (χ1n) is 5.93. The average molecular weight is 304 g/mol. The van der Waals surface area contributed by atoms with Crippen LogP contribution in [0.15, 0.2) is 18.2 Å². The zero-order valence-electron chi connectivity index (χ0n) is 10.5. The van der Waals surface area contributed by atoms with Gasteiger partial charge in [0.2, 0.25) is 0 Å². The molecule has 0 aliphatic carbocycles. The van der Waals surface area contributed by atoms with Crippen LogP contribution in [0.4, 0.5) is 0 Å². The molecule has 2 unspecified atom stereocenters. The molecule has 1 saturated heterocycles. The van der Waals surface area contributed by atoms with Crippen LogP contribution in [-0.4, -0.2) is 42.3 Å². The number of nitrogens with zero attached hydrogens (tertiary/aromatic N) is 1. The molecule has 0 saturated carbocycles. The van der Waals surface area contributed by atoms with E-state index in [9.17, 15) is 4.79 Å². The molecule has 1 aliphatic rings. The minimum absolute atomic E-state index is 0.129. The molecule has 19 heavy (non-hydrogen) atoms. The predicted molar refractivity (Wildman–Crippen MR) is 73.7 cm³/mol. The number of carbonyl (C=O) groups is 1. The van der Waals surface area contributed by atoms with Gasteiger partial charge in [0.25, 0.3) is 0 Å². The topological polar surface area (TPSA) is 49.8 Å². The summed E-state index contributed by atoms with van der Waals surface area (Å²) in [6.45, 7) is 1.28. The largest absolute Gasteiger partial charge is 0.481 e. The molecule has 0 aromatic heterocycles. The Labute approximate surface area is 121 Å². The van der Waals surface area contributed by atoms with Crippen molar-refractivity contribution in [1.29, 1.82) is 0 Å². The van der Waals surface area contributed by atoms with Gasteiger partial charge in [0.1, 0.15) is 0 Å². The van der Waals surface area contributed by atoms with E-state index < -0.39 is 11.9 Å². The first-order valence-corrected chi connectivity index (χ1v) is 6.68. The summed E-state index contributed by atoms with van der Waals surface area (Å²) < 4.78 is 5.26. The molecule has 0 bridgehead atoms. The first-order chi connectivity index (χ1) is 8.97. The van der Waals surface area contributed by atoms with Crippen molar-refractivity contribution in [2.75, 3.05) is 20.3 Å². The van der Waals surface area contributed by atoms with Crippen LogP contribution in [0.1, 0.15) is 5.56 Å². The van der Waals surface area contributed by atoms with Gasteiger partial charge in [0.15, 0.2) is 0 Å². The van der Waals surface area contributed by atoms with E-state index in [1.54, 1.807) is 6.07 Å². The van der Waals surface area contributed by atoms with Crippen molar-refractivity contribution < 1.29 is 14.6 Å². The maximum absolute atomic E-state index is 11.1. The van der Waals surface area contributed by atoms with Crippen LogP contribution in [0.3, 0.4) is 0 Å². The third-order valence-corrected chi connectivity index (χ3v) is 3.72. The number of benzene rings is 1. The maximum atomic E-state index is 11.1. The number of hydrogen-bond donors (Lipinski definition) is 1. The van der Waals surface area contributed by atoms with Gasteiger partial charge in [-0.25, -0.2) is 0 Å². The molecule has 1 aromatic rings. The summed E-state index contributed by atoms with van der Waals surface area (Å²) in [5, 5.41) is 10.3. The molecule has 6 heteroatoms. The average Bonchev–Trinajstić information content (AvgIpc) is 2.75. The minimum Gasteiger partial charge on any atom is -0.481 e. The fourth-order valence-electron chi connectivity index (χ4n) is 2.32. The van der Waals surface area contributed by atoms with Crippen LogP contribution >= 0.6 is 23.2 Å². The number of carboxylic acids is 1. The highest BCUT2D eigenvalue weighted by molar-refractivity contribution is 6.34. The second-order valence-electron chi connectivity index (χ2n) is 4.74. The summed E-state index contributed by atoms with van der Waals surface area (Å²) in [7, 11) is 1.88. The Kier molecular flexibility index (Phi) is 4.68. The molecule has 0 spiro atoms. The lowest BCUT2D eigenvalue weighted by molar-refractivity contribution is -0.143. The lowest BCUT2D eigenvalue weighted by Crippen LogP contribution is -2.40. The van der Waals surface area contributed by atoms with E-state index in [2.05, 4.69) is 0 Å². The number of aliphatic carboxylic acids is 1. The van der Waals surface area contributed by atoms with Gasteiger partial charge in [-0.2, -0.15) is 0 Å². The zero-order chi connectivity index (χ0) is 14.0. The van der Waals surface area contributed by atoms with Crippen LogP contribution in [0.25, 0.3) is 0 Å². The Morgan fingerprint density at radius 3 is 2.58 bits per heavy atom. The van der Waals surface area contributed by atoms with Crippen molar-refractivity contribution in [3.8, 4) is 0 Å². The minimum atomic E-state index is -0.821.